The highest BCUT2D eigenvalue weighted by Crippen LogP contribution is 2.31. The van der Waals surface area contributed by atoms with Crippen LogP contribution in [0, 0.1) is 0 Å². The maximum atomic E-state index is 5.96. The first kappa shape index (κ1) is 11.7. The molecule has 84 valence electrons. The summed E-state index contributed by atoms with van der Waals surface area (Å²) in [6.07, 6.45) is 1.93. The number of nitrogens with zero attached hydrogens (tertiary/aromatic N) is 1. The predicted molar refractivity (Wildman–Crippen MR) is 73.0 cm³/mol. The molecule has 0 N–H and O–H groups in total. The smallest absolute Gasteiger partial charge is 0.107 e. The molecule has 0 aromatic heterocycles. The third kappa shape index (κ3) is 3.13. The summed E-state index contributed by atoms with van der Waals surface area (Å²) >= 11 is 7.73. The fourth-order valence-corrected chi connectivity index (χ4v) is 2.79. The topological polar surface area (TPSA) is 12.4 Å². The van der Waals surface area contributed by atoms with E-state index in [1.54, 1.807) is 11.8 Å². The minimum Gasteiger partial charge on any atom is -0.234 e. The van der Waals surface area contributed by atoms with Crippen LogP contribution >= 0.6 is 23.4 Å². The van der Waals surface area contributed by atoms with Crippen LogP contribution in [0.5, 0.6) is 0 Å². The number of hydrogen-bond acceptors (Lipinski definition) is 2. The number of hydrogen-bond donors (Lipinski definition) is 0. The van der Waals surface area contributed by atoms with Crippen molar-refractivity contribution in [3.05, 3.63) is 46.5 Å². The van der Waals surface area contributed by atoms with Gasteiger partial charge in [-0.3, -0.25) is 0 Å². The van der Waals surface area contributed by atoms with Crippen molar-refractivity contribution < 1.29 is 0 Å². The SMILES string of the molecule is CC1=C(SCc2ccccc2)N=C(Cl)CC1. The van der Waals surface area contributed by atoms with E-state index in [1.165, 1.54) is 11.1 Å². The Kier molecular flexibility index (Phi) is 4.08. The second kappa shape index (κ2) is 5.55. The van der Waals surface area contributed by atoms with Crippen LogP contribution in [0.4, 0.5) is 0 Å². The van der Waals surface area contributed by atoms with Gasteiger partial charge in [0, 0.05) is 12.2 Å². The van der Waals surface area contributed by atoms with Gasteiger partial charge >= 0.3 is 0 Å². The van der Waals surface area contributed by atoms with E-state index in [9.17, 15) is 0 Å². The molecule has 0 atom stereocenters. The van der Waals surface area contributed by atoms with Crippen molar-refractivity contribution in [2.45, 2.75) is 25.5 Å². The quantitative estimate of drug-likeness (QED) is 0.766. The first-order valence-corrected chi connectivity index (χ1v) is 6.71. The predicted octanol–water partition coefficient (Wildman–Crippen LogP) is 4.58. The molecule has 0 spiro atoms. The van der Waals surface area contributed by atoms with E-state index in [4.69, 9.17) is 11.6 Å². The Labute approximate surface area is 106 Å². The summed E-state index contributed by atoms with van der Waals surface area (Å²) in [6.45, 7) is 2.14. The van der Waals surface area contributed by atoms with Gasteiger partial charge in [-0.2, -0.15) is 0 Å². The zero-order valence-corrected chi connectivity index (χ0v) is 10.8. The van der Waals surface area contributed by atoms with Gasteiger partial charge in [0.05, 0.1) is 5.03 Å². The molecule has 0 saturated heterocycles. The van der Waals surface area contributed by atoms with Crippen molar-refractivity contribution in [2.75, 3.05) is 0 Å². The van der Waals surface area contributed by atoms with E-state index in [2.05, 4.69) is 36.2 Å². The molecule has 16 heavy (non-hydrogen) atoms. The summed E-state index contributed by atoms with van der Waals surface area (Å²) in [5.74, 6) is 0.960. The lowest BCUT2D eigenvalue weighted by Crippen LogP contribution is -1.98. The molecule has 1 aromatic rings. The van der Waals surface area contributed by atoms with Gasteiger partial charge in [0.15, 0.2) is 0 Å². The monoisotopic (exact) mass is 251 g/mol. The third-order valence-electron chi connectivity index (χ3n) is 2.51. The molecule has 3 heteroatoms. The van der Waals surface area contributed by atoms with E-state index in [0.717, 1.165) is 28.8 Å². The third-order valence-corrected chi connectivity index (χ3v) is 3.98. The minimum atomic E-state index is 0.737. The van der Waals surface area contributed by atoms with E-state index >= 15 is 0 Å². The second-order valence-electron chi connectivity index (χ2n) is 3.85. The van der Waals surface area contributed by atoms with Crippen molar-refractivity contribution in [1.82, 2.24) is 0 Å². The van der Waals surface area contributed by atoms with E-state index < -0.39 is 0 Å². The van der Waals surface area contributed by atoms with Crippen LogP contribution in [0.3, 0.4) is 0 Å². The van der Waals surface area contributed by atoms with Gasteiger partial charge in [0.1, 0.15) is 5.17 Å². The van der Waals surface area contributed by atoms with Crippen LogP contribution in [0.15, 0.2) is 45.9 Å². The summed E-state index contributed by atoms with van der Waals surface area (Å²) in [4.78, 5) is 4.40. The Morgan fingerprint density at radius 3 is 2.75 bits per heavy atom. The highest BCUT2D eigenvalue weighted by Gasteiger charge is 2.10. The lowest BCUT2D eigenvalue weighted by atomic mass is 10.1. The van der Waals surface area contributed by atoms with Crippen LogP contribution in [-0.4, -0.2) is 5.17 Å². The molecular formula is C13H14ClNS. The maximum Gasteiger partial charge on any atom is 0.107 e. The molecule has 0 fully saturated rings. The number of allylic oxidation sites excluding steroid dienone is 1. The molecule has 0 saturated carbocycles. The van der Waals surface area contributed by atoms with E-state index in [0.29, 0.717) is 0 Å². The minimum absolute atomic E-state index is 0.737. The van der Waals surface area contributed by atoms with E-state index in [1.807, 2.05) is 6.07 Å². The molecule has 1 aliphatic heterocycles. The molecule has 1 heterocycles. The molecule has 1 nitrogen and oxygen atoms in total. The molecule has 0 unspecified atom stereocenters. The summed E-state index contributed by atoms with van der Waals surface area (Å²) in [6, 6.07) is 10.4. The van der Waals surface area contributed by atoms with Gasteiger partial charge in [0.2, 0.25) is 0 Å². The molecule has 0 bridgehead atoms. The summed E-state index contributed by atoms with van der Waals surface area (Å²) in [7, 11) is 0. The Morgan fingerprint density at radius 1 is 1.25 bits per heavy atom. The molecule has 1 aliphatic rings. The average molecular weight is 252 g/mol. The normalized spacial score (nSPS) is 16.2. The van der Waals surface area contributed by atoms with Gasteiger partial charge in [-0.1, -0.05) is 41.9 Å². The summed E-state index contributed by atoms with van der Waals surface area (Å²) in [5, 5.41) is 1.83. The highest BCUT2D eigenvalue weighted by atomic mass is 35.5. The number of rotatable bonds is 3. The fourth-order valence-electron chi connectivity index (χ4n) is 1.54. The van der Waals surface area contributed by atoms with Crippen molar-refractivity contribution in [3.63, 3.8) is 0 Å². The molecule has 2 rings (SSSR count). The lowest BCUT2D eigenvalue weighted by molar-refractivity contribution is 0.980. The van der Waals surface area contributed by atoms with Crippen molar-refractivity contribution in [2.24, 2.45) is 4.99 Å². The van der Waals surface area contributed by atoms with Crippen LogP contribution in [0.2, 0.25) is 0 Å². The first-order valence-electron chi connectivity index (χ1n) is 5.35. The summed E-state index contributed by atoms with van der Waals surface area (Å²) in [5.41, 5.74) is 2.68. The van der Waals surface area contributed by atoms with Crippen molar-refractivity contribution in [1.29, 1.82) is 0 Å². The zero-order chi connectivity index (χ0) is 11.4. The second-order valence-corrected chi connectivity index (χ2v) is 5.25. The Bertz CT molecular complexity index is 423. The maximum absolute atomic E-state index is 5.96. The van der Waals surface area contributed by atoms with Crippen LogP contribution in [-0.2, 0) is 5.75 Å². The fraction of sp³-hybridized carbons (Fsp3) is 0.308. The molecular weight excluding hydrogens is 238 g/mol. The lowest BCUT2D eigenvalue weighted by Gasteiger charge is -2.13. The molecule has 0 aliphatic carbocycles. The highest BCUT2D eigenvalue weighted by molar-refractivity contribution is 8.02. The van der Waals surface area contributed by atoms with Gasteiger partial charge in [-0.25, -0.2) is 4.99 Å². The Morgan fingerprint density at radius 2 is 2.00 bits per heavy atom. The molecule has 0 amide bonds. The Hall–Kier alpha value is -0.730. The standard InChI is InChI=1S/C13H14ClNS/c1-10-7-8-12(14)15-13(10)16-9-11-5-3-2-4-6-11/h2-6H,7-9H2,1H3. The Balaban J connectivity index is 2.01. The number of thioether (sulfide) groups is 1. The van der Waals surface area contributed by atoms with E-state index in [-0.39, 0.29) is 0 Å². The summed E-state index contributed by atoms with van der Waals surface area (Å²) < 4.78 is 0. The molecule has 0 radical (unpaired) electrons. The van der Waals surface area contributed by atoms with Crippen LogP contribution in [0.25, 0.3) is 0 Å². The van der Waals surface area contributed by atoms with Crippen molar-refractivity contribution >= 4 is 28.5 Å². The zero-order valence-electron chi connectivity index (χ0n) is 9.24. The van der Waals surface area contributed by atoms with Gasteiger partial charge < -0.3 is 0 Å². The largest absolute Gasteiger partial charge is 0.234 e. The van der Waals surface area contributed by atoms with Crippen LogP contribution < -0.4 is 0 Å². The number of halogens is 1. The van der Waals surface area contributed by atoms with Crippen molar-refractivity contribution in [3.8, 4) is 0 Å². The average Bonchev–Trinajstić information content (AvgIpc) is 2.32. The number of benzene rings is 1. The van der Waals surface area contributed by atoms with Gasteiger partial charge in [-0.15, -0.1) is 11.8 Å². The van der Waals surface area contributed by atoms with Crippen LogP contribution in [0.1, 0.15) is 25.3 Å². The molecule has 1 aromatic carbocycles. The number of aliphatic imine (C=N–C) groups is 1. The van der Waals surface area contributed by atoms with Gasteiger partial charge in [0.25, 0.3) is 0 Å². The van der Waals surface area contributed by atoms with Gasteiger partial charge in [-0.05, 0) is 24.5 Å². The first-order chi connectivity index (χ1) is 7.75.